The van der Waals surface area contributed by atoms with E-state index in [9.17, 15) is 15.0 Å². The topological polar surface area (TPSA) is 69.6 Å². The van der Waals surface area contributed by atoms with Gasteiger partial charge in [-0.2, -0.15) is 0 Å². The number of carbonyl (C=O) groups excluding carboxylic acids is 1. The molecule has 0 bridgehead atoms. The summed E-state index contributed by atoms with van der Waals surface area (Å²) in [5.41, 5.74) is 2.97. The Labute approximate surface area is 226 Å². The predicted molar refractivity (Wildman–Crippen MR) is 152 cm³/mol. The monoisotopic (exact) mass is 511 g/mol. The van der Waals surface area contributed by atoms with E-state index in [0.29, 0.717) is 35.8 Å². The van der Waals surface area contributed by atoms with Gasteiger partial charge in [-0.25, -0.2) is 0 Å². The van der Waals surface area contributed by atoms with Crippen LogP contribution in [0.3, 0.4) is 0 Å². The lowest BCUT2D eigenvalue weighted by Crippen LogP contribution is -2.47. The van der Waals surface area contributed by atoms with Crippen molar-refractivity contribution in [1.29, 1.82) is 0 Å². The van der Waals surface area contributed by atoms with Crippen molar-refractivity contribution in [3.05, 3.63) is 29.3 Å². The molecule has 1 aromatic carbocycles. The van der Waals surface area contributed by atoms with Crippen LogP contribution in [0.4, 0.5) is 0 Å². The first-order chi connectivity index (χ1) is 17.9. The number of hydrogen-bond donors (Lipinski definition) is 3. The van der Waals surface area contributed by atoms with Crippen molar-refractivity contribution in [3.8, 4) is 5.75 Å². The van der Waals surface area contributed by atoms with Crippen LogP contribution in [-0.4, -0.2) is 28.8 Å². The molecule has 1 aromatic rings. The summed E-state index contributed by atoms with van der Waals surface area (Å²) in [6.07, 6.45) is 19.6. The van der Waals surface area contributed by atoms with Crippen LogP contribution >= 0.6 is 0 Å². The molecular formula is C33H53NO3. The molecule has 0 aromatic heterocycles. The minimum atomic E-state index is -0.129. The Hall–Kier alpha value is -1.55. The molecule has 4 nitrogen and oxygen atoms in total. The number of aromatic hydroxyl groups is 1. The first-order valence-corrected chi connectivity index (χ1v) is 15.7. The van der Waals surface area contributed by atoms with Gasteiger partial charge in [-0.3, -0.25) is 4.79 Å². The Bertz CT molecular complexity index is 869. The number of phenolic OH excluding ortho intramolecular Hbond substituents is 1. The van der Waals surface area contributed by atoms with Gasteiger partial charge in [0.05, 0.1) is 6.10 Å². The third-order valence-electron chi connectivity index (χ3n) is 10.4. The molecule has 0 saturated heterocycles. The normalized spacial score (nSPS) is 30.4. The van der Waals surface area contributed by atoms with Crippen molar-refractivity contribution in [1.82, 2.24) is 5.32 Å². The fourth-order valence-electron chi connectivity index (χ4n) is 8.28. The standard InChI is InChI=1S/C33H53NO3/c1-3-4-21-34-31(37)14-12-10-8-6-5-7-9-11-13-24-22-25-23-26(35)15-16-27(25)28-19-20-33(2)29(32(24)28)17-18-30(33)36/h15-16,23-24,28-30,32,35-36H,3-14,17-22H2,1-2H3,(H,34,37)/t24-,28+,29-,30-,32+,33-/m0/s1. The Kier molecular flexibility index (Phi) is 10.4. The first-order valence-electron chi connectivity index (χ1n) is 15.7. The molecule has 0 spiro atoms. The summed E-state index contributed by atoms with van der Waals surface area (Å²) >= 11 is 0. The fourth-order valence-corrected chi connectivity index (χ4v) is 8.28. The van der Waals surface area contributed by atoms with E-state index in [-0.39, 0.29) is 17.4 Å². The highest BCUT2D eigenvalue weighted by Gasteiger charge is 2.56. The second-order valence-electron chi connectivity index (χ2n) is 12.8. The Morgan fingerprint density at radius 1 is 1.00 bits per heavy atom. The number of benzene rings is 1. The van der Waals surface area contributed by atoms with Gasteiger partial charge in [0.25, 0.3) is 0 Å². The average molecular weight is 512 g/mol. The van der Waals surface area contributed by atoms with Gasteiger partial charge in [0, 0.05) is 13.0 Å². The number of phenols is 1. The SMILES string of the molecule is CCCCNC(=O)CCCCCCCCCC[C@H]1Cc2cc(O)ccc2[C@H]2CC[C@]3(C)[C@@H](O)CC[C@H]3[C@H]12. The van der Waals surface area contributed by atoms with Crippen LogP contribution in [-0.2, 0) is 11.2 Å². The molecule has 2 saturated carbocycles. The summed E-state index contributed by atoms with van der Waals surface area (Å²) in [4.78, 5) is 11.8. The third kappa shape index (κ3) is 6.91. The van der Waals surface area contributed by atoms with Crippen LogP contribution in [0.1, 0.15) is 134 Å². The number of carbonyl (C=O) groups is 1. The van der Waals surface area contributed by atoms with Gasteiger partial charge in [0.2, 0.25) is 5.91 Å². The van der Waals surface area contributed by atoms with Gasteiger partial charge in [-0.15, -0.1) is 0 Å². The molecular weight excluding hydrogens is 458 g/mol. The lowest BCUT2D eigenvalue weighted by molar-refractivity contribution is -0.121. The number of hydrogen-bond acceptors (Lipinski definition) is 3. The molecule has 208 valence electrons. The number of unbranched alkanes of at least 4 members (excludes halogenated alkanes) is 8. The first kappa shape index (κ1) is 28.5. The number of rotatable bonds is 14. The Balaban J connectivity index is 1.19. The molecule has 3 N–H and O–H groups in total. The van der Waals surface area contributed by atoms with Crippen LogP contribution in [0.2, 0.25) is 0 Å². The van der Waals surface area contributed by atoms with Crippen LogP contribution in [0.25, 0.3) is 0 Å². The number of aliphatic hydroxyl groups is 1. The van der Waals surface area contributed by atoms with Crippen LogP contribution in [0.15, 0.2) is 18.2 Å². The number of nitrogens with one attached hydrogen (secondary N) is 1. The molecule has 1 amide bonds. The molecule has 2 fully saturated rings. The summed E-state index contributed by atoms with van der Waals surface area (Å²) in [6, 6.07) is 6.12. The van der Waals surface area contributed by atoms with Crippen molar-refractivity contribution >= 4 is 5.91 Å². The van der Waals surface area contributed by atoms with E-state index in [2.05, 4.69) is 25.2 Å². The molecule has 4 heteroatoms. The van der Waals surface area contributed by atoms with E-state index in [1.807, 2.05) is 12.1 Å². The van der Waals surface area contributed by atoms with E-state index >= 15 is 0 Å². The Morgan fingerprint density at radius 2 is 1.73 bits per heavy atom. The fraction of sp³-hybridized carbons (Fsp3) is 0.788. The largest absolute Gasteiger partial charge is 0.508 e. The van der Waals surface area contributed by atoms with Crippen molar-refractivity contribution in [2.24, 2.45) is 23.2 Å². The summed E-state index contributed by atoms with van der Waals surface area (Å²) in [7, 11) is 0. The molecule has 0 unspecified atom stereocenters. The van der Waals surface area contributed by atoms with Gasteiger partial charge in [0.15, 0.2) is 0 Å². The summed E-state index contributed by atoms with van der Waals surface area (Å²) < 4.78 is 0. The maximum Gasteiger partial charge on any atom is 0.219 e. The van der Waals surface area contributed by atoms with Crippen molar-refractivity contribution < 1.29 is 15.0 Å². The van der Waals surface area contributed by atoms with E-state index in [4.69, 9.17) is 0 Å². The number of amides is 1. The maximum atomic E-state index is 11.8. The number of fused-ring (bicyclic) bond motifs is 5. The highest BCUT2D eigenvalue weighted by atomic mass is 16.3. The second-order valence-corrected chi connectivity index (χ2v) is 12.8. The van der Waals surface area contributed by atoms with Crippen molar-refractivity contribution in [3.63, 3.8) is 0 Å². The smallest absolute Gasteiger partial charge is 0.219 e. The molecule has 37 heavy (non-hydrogen) atoms. The minimum Gasteiger partial charge on any atom is -0.508 e. The molecule has 3 aliphatic carbocycles. The third-order valence-corrected chi connectivity index (χ3v) is 10.4. The lowest BCUT2D eigenvalue weighted by Gasteiger charge is -2.53. The lowest BCUT2D eigenvalue weighted by atomic mass is 9.52. The summed E-state index contributed by atoms with van der Waals surface area (Å²) in [5.74, 6) is 3.24. The minimum absolute atomic E-state index is 0.101. The van der Waals surface area contributed by atoms with Gasteiger partial charge < -0.3 is 15.5 Å². The maximum absolute atomic E-state index is 11.8. The zero-order valence-electron chi connectivity index (χ0n) is 23.6. The molecule has 6 atom stereocenters. The van der Waals surface area contributed by atoms with Crippen LogP contribution in [0, 0.1) is 23.2 Å². The van der Waals surface area contributed by atoms with Crippen molar-refractivity contribution in [2.75, 3.05) is 6.54 Å². The summed E-state index contributed by atoms with van der Waals surface area (Å²) in [6.45, 7) is 5.35. The summed E-state index contributed by atoms with van der Waals surface area (Å²) in [5, 5.41) is 24.0. The van der Waals surface area contributed by atoms with E-state index in [1.165, 1.54) is 75.3 Å². The average Bonchev–Trinajstić information content (AvgIpc) is 3.19. The highest BCUT2D eigenvalue weighted by molar-refractivity contribution is 5.75. The molecule has 0 heterocycles. The molecule has 4 rings (SSSR count). The van der Waals surface area contributed by atoms with Gasteiger partial charge in [-0.05, 0) is 104 Å². The quantitative estimate of drug-likeness (QED) is 0.225. The zero-order chi connectivity index (χ0) is 26.3. The van der Waals surface area contributed by atoms with Gasteiger partial charge in [-0.1, -0.05) is 71.3 Å². The van der Waals surface area contributed by atoms with Crippen molar-refractivity contribution in [2.45, 2.75) is 135 Å². The second kappa shape index (κ2) is 13.5. The van der Waals surface area contributed by atoms with Gasteiger partial charge >= 0.3 is 0 Å². The highest BCUT2D eigenvalue weighted by Crippen LogP contribution is 2.62. The van der Waals surface area contributed by atoms with E-state index in [0.717, 1.165) is 45.1 Å². The van der Waals surface area contributed by atoms with E-state index in [1.54, 1.807) is 0 Å². The van der Waals surface area contributed by atoms with Gasteiger partial charge in [0.1, 0.15) is 5.75 Å². The molecule has 0 aliphatic heterocycles. The number of aliphatic hydroxyl groups excluding tert-OH is 1. The van der Waals surface area contributed by atoms with Crippen LogP contribution in [0.5, 0.6) is 5.75 Å². The predicted octanol–water partition coefficient (Wildman–Crippen LogP) is 7.65. The Morgan fingerprint density at radius 3 is 2.49 bits per heavy atom. The molecule has 0 radical (unpaired) electrons. The zero-order valence-corrected chi connectivity index (χ0v) is 23.6. The van der Waals surface area contributed by atoms with Crippen LogP contribution < -0.4 is 5.32 Å². The molecule has 3 aliphatic rings. The van der Waals surface area contributed by atoms with E-state index < -0.39 is 0 Å².